The number of anilines is 2. The lowest BCUT2D eigenvalue weighted by atomic mass is 10.1. The van der Waals surface area contributed by atoms with Crippen molar-refractivity contribution in [3.63, 3.8) is 0 Å². The minimum absolute atomic E-state index is 0. The number of nitrogens with one attached hydrogen (secondary N) is 1. The second kappa shape index (κ2) is 10.8. The highest BCUT2D eigenvalue weighted by atomic mass is 127. The average molecular weight is 454 g/mol. The number of hydrogen-bond donors (Lipinski definition) is 2. The number of halogens is 1. The Hall–Kier alpha value is -1.96. The molecule has 0 heterocycles. The summed E-state index contributed by atoms with van der Waals surface area (Å²) in [6, 6.07) is 16.2. The van der Waals surface area contributed by atoms with E-state index in [-0.39, 0.29) is 24.0 Å². The first-order chi connectivity index (χ1) is 11.6. The number of benzene rings is 2. The number of aryl methyl sites for hydroxylation is 1. The molecule has 0 unspecified atom stereocenters. The zero-order valence-corrected chi connectivity index (χ0v) is 17.4. The molecule has 136 valence electrons. The van der Waals surface area contributed by atoms with Crippen molar-refractivity contribution >= 4 is 41.3 Å². The molecule has 0 spiro atoms. The van der Waals surface area contributed by atoms with Gasteiger partial charge in [-0.15, -0.1) is 24.0 Å². The Morgan fingerprint density at radius 3 is 2.44 bits per heavy atom. The van der Waals surface area contributed by atoms with Crippen LogP contribution >= 0.6 is 24.0 Å². The maximum Gasteiger partial charge on any atom is 0.193 e. The number of rotatable bonds is 7. The fourth-order valence-corrected chi connectivity index (χ4v) is 2.37. The molecule has 0 atom stereocenters. The van der Waals surface area contributed by atoms with Gasteiger partial charge in [-0.05, 0) is 42.7 Å². The molecule has 0 saturated carbocycles. The van der Waals surface area contributed by atoms with Gasteiger partial charge in [-0.2, -0.15) is 0 Å². The first-order valence-corrected chi connectivity index (χ1v) is 8.06. The number of methoxy groups -OCH3 is 1. The van der Waals surface area contributed by atoms with E-state index in [1.807, 2.05) is 38.4 Å². The van der Waals surface area contributed by atoms with Gasteiger partial charge in [0.2, 0.25) is 0 Å². The Morgan fingerprint density at radius 1 is 1.12 bits per heavy atom. The van der Waals surface area contributed by atoms with Crippen LogP contribution in [-0.2, 0) is 6.42 Å². The summed E-state index contributed by atoms with van der Waals surface area (Å²) in [5.41, 5.74) is 9.28. The number of aliphatic imine (C=N–C) groups is 1. The smallest absolute Gasteiger partial charge is 0.193 e. The summed E-state index contributed by atoms with van der Waals surface area (Å²) in [5, 5.41) is 3.08. The van der Waals surface area contributed by atoms with Crippen LogP contribution in [0.25, 0.3) is 0 Å². The van der Waals surface area contributed by atoms with Gasteiger partial charge in [0.25, 0.3) is 0 Å². The summed E-state index contributed by atoms with van der Waals surface area (Å²) in [6.07, 6.45) is 1.94. The van der Waals surface area contributed by atoms with Crippen molar-refractivity contribution in [2.45, 2.75) is 12.8 Å². The third-order valence-electron chi connectivity index (χ3n) is 3.73. The molecule has 2 rings (SSSR count). The molecular weight excluding hydrogens is 427 g/mol. The summed E-state index contributed by atoms with van der Waals surface area (Å²) >= 11 is 0. The van der Waals surface area contributed by atoms with Gasteiger partial charge in [0.15, 0.2) is 5.96 Å². The zero-order valence-electron chi connectivity index (χ0n) is 15.0. The Morgan fingerprint density at radius 2 is 1.80 bits per heavy atom. The lowest BCUT2D eigenvalue weighted by molar-refractivity contribution is 0.417. The molecular formula is C19H27IN4O. The van der Waals surface area contributed by atoms with Gasteiger partial charge in [0.1, 0.15) is 5.75 Å². The van der Waals surface area contributed by atoms with Crippen LogP contribution in [-0.4, -0.2) is 33.7 Å². The van der Waals surface area contributed by atoms with Gasteiger partial charge in [0, 0.05) is 26.3 Å². The molecule has 0 radical (unpaired) electrons. The number of nitrogens with zero attached hydrogens (tertiary/aromatic N) is 2. The van der Waals surface area contributed by atoms with Crippen LogP contribution in [0.1, 0.15) is 12.0 Å². The molecule has 0 aliphatic rings. The molecule has 0 fully saturated rings. The molecule has 2 aromatic carbocycles. The third kappa shape index (κ3) is 6.81. The molecule has 0 bridgehead atoms. The number of nitrogens with two attached hydrogens (primary N) is 1. The van der Waals surface area contributed by atoms with Gasteiger partial charge in [0.05, 0.1) is 12.8 Å². The first kappa shape index (κ1) is 21.1. The van der Waals surface area contributed by atoms with Crippen LogP contribution in [0.5, 0.6) is 5.75 Å². The van der Waals surface area contributed by atoms with Crippen molar-refractivity contribution in [3.05, 3.63) is 54.1 Å². The molecule has 0 aliphatic carbocycles. The first-order valence-electron chi connectivity index (χ1n) is 8.06. The second-order valence-corrected chi connectivity index (χ2v) is 5.76. The molecule has 0 saturated heterocycles. The summed E-state index contributed by atoms with van der Waals surface area (Å²) in [7, 11) is 5.72. The van der Waals surface area contributed by atoms with Gasteiger partial charge >= 0.3 is 0 Å². The van der Waals surface area contributed by atoms with Crippen molar-refractivity contribution in [2.75, 3.05) is 38.0 Å². The van der Waals surface area contributed by atoms with Crippen LogP contribution in [0, 0.1) is 0 Å². The normalized spacial score (nSPS) is 10.8. The SMILES string of the molecule is COc1ccccc1NC(N)=NCCCc1ccc(N(C)C)cc1.I. The maximum atomic E-state index is 5.94. The summed E-state index contributed by atoms with van der Waals surface area (Å²) in [6.45, 7) is 0.684. The number of guanidine groups is 1. The Balaban J connectivity index is 0.00000312. The third-order valence-corrected chi connectivity index (χ3v) is 3.73. The van der Waals surface area contributed by atoms with Crippen LogP contribution in [0.2, 0.25) is 0 Å². The topological polar surface area (TPSA) is 62.9 Å². The summed E-state index contributed by atoms with van der Waals surface area (Å²) in [4.78, 5) is 6.47. The number of ether oxygens (including phenoxy) is 1. The van der Waals surface area contributed by atoms with E-state index in [4.69, 9.17) is 10.5 Å². The Kier molecular flexibility index (Phi) is 9.12. The molecule has 3 N–H and O–H groups in total. The predicted molar refractivity (Wildman–Crippen MR) is 118 cm³/mol. The van der Waals surface area contributed by atoms with Crippen molar-refractivity contribution < 1.29 is 4.74 Å². The molecule has 0 amide bonds. The van der Waals surface area contributed by atoms with E-state index in [9.17, 15) is 0 Å². The summed E-state index contributed by atoms with van der Waals surface area (Å²) in [5.74, 6) is 1.15. The molecule has 6 heteroatoms. The highest BCUT2D eigenvalue weighted by Crippen LogP contribution is 2.22. The fourth-order valence-electron chi connectivity index (χ4n) is 2.37. The highest BCUT2D eigenvalue weighted by molar-refractivity contribution is 14.0. The van der Waals surface area contributed by atoms with Crippen molar-refractivity contribution in [2.24, 2.45) is 10.7 Å². The van der Waals surface area contributed by atoms with E-state index in [2.05, 4.69) is 39.5 Å². The van der Waals surface area contributed by atoms with E-state index < -0.39 is 0 Å². The van der Waals surface area contributed by atoms with Crippen molar-refractivity contribution in [1.29, 1.82) is 0 Å². The molecule has 25 heavy (non-hydrogen) atoms. The molecule has 2 aromatic rings. The minimum atomic E-state index is 0. The highest BCUT2D eigenvalue weighted by Gasteiger charge is 2.02. The van der Waals surface area contributed by atoms with Gasteiger partial charge < -0.3 is 20.7 Å². The summed E-state index contributed by atoms with van der Waals surface area (Å²) < 4.78 is 5.28. The standard InChI is InChI=1S/C19H26N4O.HI/c1-23(2)16-12-10-15(11-13-16)7-6-14-21-19(20)22-17-8-4-5-9-18(17)24-3;/h4-5,8-13H,6-7,14H2,1-3H3,(H3,20,21,22);1H. The Bertz CT molecular complexity index is 671. The Labute approximate surface area is 167 Å². The monoisotopic (exact) mass is 454 g/mol. The fraction of sp³-hybridized carbons (Fsp3) is 0.316. The van der Waals surface area contributed by atoms with E-state index in [1.165, 1.54) is 11.3 Å². The van der Waals surface area contributed by atoms with E-state index >= 15 is 0 Å². The zero-order chi connectivity index (χ0) is 17.4. The largest absolute Gasteiger partial charge is 0.495 e. The van der Waals surface area contributed by atoms with Gasteiger partial charge in [-0.25, -0.2) is 0 Å². The van der Waals surface area contributed by atoms with E-state index in [0.717, 1.165) is 24.3 Å². The minimum Gasteiger partial charge on any atom is -0.495 e. The average Bonchev–Trinajstić information content (AvgIpc) is 2.59. The predicted octanol–water partition coefficient (Wildman–Crippen LogP) is 3.74. The van der Waals surface area contributed by atoms with Crippen LogP contribution < -0.4 is 20.7 Å². The van der Waals surface area contributed by atoms with E-state index in [1.54, 1.807) is 7.11 Å². The number of hydrogen-bond acceptors (Lipinski definition) is 3. The lowest BCUT2D eigenvalue weighted by Crippen LogP contribution is -2.23. The van der Waals surface area contributed by atoms with Crippen LogP contribution in [0.15, 0.2) is 53.5 Å². The molecule has 0 aliphatic heterocycles. The molecule has 5 nitrogen and oxygen atoms in total. The van der Waals surface area contributed by atoms with Crippen molar-refractivity contribution in [3.8, 4) is 5.75 Å². The quantitative estimate of drug-likeness (QED) is 0.290. The van der Waals surface area contributed by atoms with Crippen LogP contribution in [0.4, 0.5) is 11.4 Å². The number of para-hydroxylation sites is 2. The van der Waals surface area contributed by atoms with E-state index in [0.29, 0.717) is 12.5 Å². The lowest BCUT2D eigenvalue weighted by Gasteiger charge is -2.12. The van der Waals surface area contributed by atoms with Gasteiger partial charge in [-0.1, -0.05) is 24.3 Å². The van der Waals surface area contributed by atoms with Crippen LogP contribution in [0.3, 0.4) is 0 Å². The van der Waals surface area contributed by atoms with Gasteiger partial charge in [-0.3, -0.25) is 4.99 Å². The molecule has 0 aromatic heterocycles. The maximum absolute atomic E-state index is 5.94. The van der Waals surface area contributed by atoms with Crippen molar-refractivity contribution in [1.82, 2.24) is 0 Å². The second-order valence-electron chi connectivity index (χ2n) is 5.76.